The van der Waals surface area contributed by atoms with Gasteiger partial charge in [-0.2, -0.15) is 0 Å². The summed E-state index contributed by atoms with van der Waals surface area (Å²) in [6, 6.07) is 13.7. The van der Waals surface area contributed by atoms with Gasteiger partial charge in [0.25, 0.3) is 0 Å². The van der Waals surface area contributed by atoms with Crippen LogP contribution in [0.2, 0.25) is 0 Å². The number of hydrogen-bond acceptors (Lipinski definition) is 4. The largest absolute Gasteiger partial charge is 0.313 e. The number of carbonyl (C=O) groups is 1. The monoisotopic (exact) mass is 342 g/mol. The zero-order valence-corrected chi connectivity index (χ0v) is 14.4. The van der Waals surface area contributed by atoms with Crippen molar-refractivity contribution >= 4 is 28.4 Å². The van der Waals surface area contributed by atoms with E-state index >= 15 is 0 Å². The summed E-state index contributed by atoms with van der Waals surface area (Å²) in [5.41, 5.74) is 2.59. The lowest BCUT2D eigenvalue weighted by atomic mass is 10.1. The number of hydrogen-bond donors (Lipinski definition) is 0. The van der Waals surface area contributed by atoms with E-state index in [0.717, 1.165) is 35.1 Å². The molecule has 0 bridgehead atoms. The minimum atomic E-state index is -0.338. The molecule has 0 saturated carbocycles. The van der Waals surface area contributed by atoms with Gasteiger partial charge < -0.3 is 4.90 Å². The van der Waals surface area contributed by atoms with Gasteiger partial charge in [0, 0.05) is 23.5 Å². The topological polar surface area (TPSA) is 32.7 Å². The van der Waals surface area contributed by atoms with Crippen LogP contribution in [0.3, 0.4) is 0 Å². The van der Waals surface area contributed by atoms with Crippen LogP contribution in [0.25, 0.3) is 0 Å². The molecule has 1 aliphatic rings. The van der Waals surface area contributed by atoms with Gasteiger partial charge >= 0.3 is 0 Å². The second kappa shape index (κ2) is 7.62. The number of nitrogens with zero attached hydrogens (tertiary/aromatic N) is 2. The average Bonchev–Trinajstić information content (AvgIpc) is 2.61. The van der Waals surface area contributed by atoms with Crippen LogP contribution in [0, 0.1) is 12.7 Å². The van der Waals surface area contributed by atoms with Gasteiger partial charge in [0.05, 0.1) is 6.54 Å². The lowest BCUT2D eigenvalue weighted by Crippen LogP contribution is -2.36. The van der Waals surface area contributed by atoms with Crippen molar-refractivity contribution in [2.45, 2.75) is 13.3 Å². The van der Waals surface area contributed by atoms with E-state index in [-0.39, 0.29) is 18.1 Å². The van der Waals surface area contributed by atoms with E-state index in [2.05, 4.69) is 4.99 Å². The zero-order valence-electron chi connectivity index (χ0n) is 13.5. The Morgan fingerprint density at radius 2 is 1.96 bits per heavy atom. The molecule has 0 amide bonds. The van der Waals surface area contributed by atoms with Crippen molar-refractivity contribution in [2.24, 2.45) is 4.99 Å². The molecule has 0 radical (unpaired) electrons. The number of para-hydroxylation sites is 1. The summed E-state index contributed by atoms with van der Waals surface area (Å²) in [7, 11) is 0. The molecule has 24 heavy (non-hydrogen) atoms. The van der Waals surface area contributed by atoms with E-state index in [4.69, 9.17) is 0 Å². The van der Waals surface area contributed by atoms with Crippen LogP contribution in [0.5, 0.6) is 0 Å². The molecule has 1 aliphatic heterocycles. The molecule has 0 atom stereocenters. The van der Waals surface area contributed by atoms with Gasteiger partial charge in [-0.05, 0) is 49.2 Å². The molecule has 2 aromatic rings. The molecule has 3 nitrogen and oxygen atoms in total. The maximum atomic E-state index is 13.1. The third-order valence-electron chi connectivity index (χ3n) is 3.89. The van der Waals surface area contributed by atoms with E-state index in [9.17, 15) is 9.18 Å². The molecular weight excluding hydrogens is 323 g/mol. The number of rotatable bonds is 4. The summed E-state index contributed by atoms with van der Waals surface area (Å²) in [6.07, 6.45) is 1.06. The first-order chi connectivity index (χ1) is 11.6. The van der Waals surface area contributed by atoms with Crippen molar-refractivity contribution in [2.75, 3.05) is 23.7 Å². The second-order valence-corrected chi connectivity index (χ2v) is 6.73. The first-order valence-corrected chi connectivity index (χ1v) is 8.93. The molecule has 5 heteroatoms. The number of anilines is 1. The summed E-state index contributed by atoms with van der Waals surface area (Å²) < 4.78 is 13.1. The molecule has 0 aromatic heterocycles. The Balaban J connectivity index is 1.90. The van der Waals surface area contributed by atoms with Crippen molar-refractivity contribution in [3.05, 3.63) is 65.5 Å². The highest BCUT2D eigenvalue weighted by Crippen LogP contribution is 2.26. The normalized spacial score (nSPS) is 14.2. The SMILES string of the molecule is Cc1ccccc1N(CC(=O)c1ccc(F)cc1)C1=NCCCS1. The van der Waals surface area contributed by atoms with Crippen LogP contribution < -0.4 is 4.90 Å². The number of aryl methyl sites for hydroxylation is 1. The lowest BCUT2D eigenvalue weighted by molar-refractivity contribution is 0.100. The van der Waals surface area contributed by atoms with Crippen molar-refractivity contribution in [3.63, 3.8) is 0 Å². The third-order valence-corrected chi connectivity index (χ3v) is 4.99. The average molecular weight is 342 g/mol. The van der Waals surface area contributed by atoms with Crippen LogP contribution in [0.15, 0.2) is 53.5 Å². The van der Waals surface area contributed by atoms with E-state index in [0.29, 0.717) is 5.56 Å². The summed E-state index contributed by atoms with van der Waals surface area (Å²) in [4.78, 5) is 19.2. The summed E-state index contributed by atoms with van der Waals surface area (Å²) in [5.74, 6) is 0.619. The number of Topliss-reactive ketones (excluding diaryl/α,β-unsaturated/α-hetero) is 1. The van der Waals surface area contributed by atoms with Crippen LogP contribution in [0.1, 0.15) is 22.3 Å². The number of ketones is 1. The Morgan fingerprint density at radius 3 is 2.62 bits per heavy atom. The fourth-order valence-corrected chi connectivity index (χ4v) is 3.56. The molecule has 1 heterocycles. The van der Waals surface area contributed by atoms with Crippen molar-refractivity contribution < 1.29 is 9.18 Å². The van der Waals surface area contributed by atoms with Gasteiger partial charge in [-0.3, -0.25) is 9.79 Å². The van der Waals surface area contributed by atoms with E-state index in [1.165, 1.54) is 24.3 Å². The fraction of sp³-hybridized carbons (Fsp3) is 0.263. The maximum absolute atomic E-state index is 13.1. The number of aliphatic imine (C=N–C) groups is 1. The Labute approximate surface area is 145 Å². The highest BCUT2D eigenvalue weighted by atomic mass is 32.2. The first kappa shape index (κ1) is 16.7. The summed E-state index contributed by atoms with van der Waals surface area (Å²) in [6.45, 7) is 3.01. The first-order valence-electron chi connectivity index (χ1n) is 7.94. The summed E-state index contributed by atoms with van der Waals surface area (Å²) in [5, 5.41) is 0.881. The van der Waals surface area contributed by atoms with Crippen molar-refractivity contribution in [1.29, 1.82) is 0 Å². The molecule has 0 spiro atoms. The Morgan fingerprint density at radius 1 is 1.21 bits per heavy atom. The van der Waals surface area contributed by atoms with Gasteiger partial charge in [0.1, 0.15) is 5.82 Å². The van der Waals surface area contributed by atoms with Crippen molar-refractivity contribution in [3.8, 4) is 0 Å². The molecule has 0 unspecified atom stereocenters. The minimum Gasteiger partial charge on any atom is -0.313 e. The molecule has 0 saturated heterocycles. The highest BCUT2D eigenvalue weighted by Gasteiger charge is 2.21. The van der Waals surface area contributed by atoms with Gasteiger partial charge in [-0.25, -0.2) is 4.39 Å². The molecule has 0 fully saturated rings. The van der Waals surface area contributed by atoms with Crippen LogP contribution in [0.4, 0.5) is 10.1 Å². The number of benzene rings is 2. The predicted octanol–water partition coefficient (Wildman–Crippen LogP) is 4.32. The minimum absolute atomic E-state index is 0.0490. The molecule has 124 valence electrons. The van der Waals surface area contributed by atoms with Crippen LogP contribution in [-0.4, -0.2) is 29.8 Å². The number of carbonyl (C=O) groups excluding carboxylic acids is 1. The van der Waals surface area contributed by atoms with Crippen LogP contribution >= 0.6 is 11.8 Å². The standard InChI is InChI=1S/C19H19FN2OS/c1-14-5-2-3-6-17(14)22(19-21-11-4-12-24-19)13-18(23)15-7-9-16(20)10-8-15/h2-3,5-10H,4,11-13H2,1H3. The number of thioether (sulfide) groups is 1. The van der Waals surface area contributed by atoms with E-state index in [1.54, 1.807) is 11.8 Å². The van der Waals surface area contributed by atoms with E-state index < -0.39 is 0 Å². The van der Waals surface area contributed by atoms with Gasteiger partial charge in [0.15, 0.2) is 11.0 Å². The third kappa shape index (κ3) is 3.85. The molecule has 0 N–H and O–H groups in total. The Kier molecular flexibility index (Phi) is 5.30. The summed E-state index contributed by atoms with van der Waals surface area (Å²) >= 11 is 1.68. The molecular formula is C19H19FN2OS. The number of amidine groups is 1. The maximum Gasteiger partial charge on any atom is 0.182 e. The highest BCUT2D eigenvalue weighted by molar-refractivity contribution is 8.14. The second-order valence-electron chi connectivity index (χ2n) is 5.67. The predicted molar refractivity (Wildman–Crippen MR) is 98.6 cm³/mol. The van der Waals surface area contributed by atoms with Gasteiger partial charge in [0.2, 0.25) is 0 Å². The Hall–Kier alpha value is -2.14. The lowest BCUT2D eigenvalue weighted by Gasteiger charge is -2.28. The molecule has 2 aromatic carbocycles. The molecule has 3 rings (SSSR count). The van der Waals surface area contributed by atoms with Crippen LogP contribution in [-0.2, 0) is 0 Å². The zero-order chi connectivity index (χ0) is 16.9. The molecule has 0 aliphatic carbocycles. The quantitative estimate of drug-likeness (QED) is 0.776. The number of halogens is 1. The fourth-order valence-electron chi connectivity index (χ4n) is 2.60. The van der Waals surface area contributed by atoms with Crippen molar-refractivity contribution in [1.82, 2.24) is 0 Å². The van der Waals surface area contributed by atoms with E-state index in [1.807, 2.05) is 36.1 Å². The smallest absolute Gasteiger partial charge is 0.182 e. The van der Waals surface area contributed by atoms with Gasteiger partial charge in [-0.1, -0.05) is 30.0 Å². The Bertz CT molecular complexity index is 758. The van der Waals surface area contributed by atoms with Gasteiger partial charge in [-0.15, -0.1) is 0 Å².